The minimum atomic E-state index is -0.594. The molecule has 0 bridgehead atoms. The van der Waals surface area contributed by atoms with Crippen molar-refractivity contribution in [2.75, 3.05) is 27.4 Å². The number of carbonyl (C=O) groups is 1. The third kappa shape index (κ3) is 4.60. The molecule has 1 unspecified atom stereocenters. The number of fused-ring (bicyclic) bond motifs is 2. The molecule has 0 fully saturated rings. The standard InChI is InChI=1S/C31H31NO6/c1-5-15-37-22-8-6-7-21(18-22)28-27-29(33)23-16-19(2)9-11-24(23)38-30(27)31(34)32(28)14-13-20-10-12-25(35-3)26(17-20)36-4/h6-12,16-18,28H,5,13-15H2,1-4H3. The minimum absolute atomic E-state index is 0.101. The maximum Gasteiger partial charge on any atom is 0.290 e. The fourth-order valence-corrected chi connectivity index (χ4v) is 4.99. The molecule has 1 atom stereocenters. The van der Waals surface area contributed by atoms with Crippen LogP contribution >= 0.6 is 0 Å². The number of methoxy groups -OCH3 is 2. The summed E-state index contributed by atoms with van der Waals surface area (Å²) in [6.45, 7) is 4.93. The van der Waals surface area contributed by atoms with Gasteiger partial charge in [-0.3, -0.25) is 9.59 Å². The maximum absolute atomic E-state index is 13.8. The lowest BCUT2D eigenvalue weighted by Gasteiger charge is -2.25. The van der Waals surface area contributed by atoms with Gasteiger partial charge in [0.1, 0.15) is 11.3 Å². The molecule has 0 spiro atoms. The van der Waals surface area contributed by atoms with Gasteiger partial charge in [0.2, 0.25) is 5.76 Å². The van der Waals surface area contributed by atoms with E-state index in [0.29, 0.717) is 53.4 Å². The van der Waals surface area contributed by atoms with E-state index < -0.39 is 6.04 Å². The van der Waals surface area contributed by atoms with Crippen LogP contribution in [0.1, 0.15) is 52.2 Å². The van der Waals surface area contributed by atoms with E-state index in [2.05, 4.69) is 0 Å². The molecule has 1 aromatic heterocycles. The number of benzene rings is 3. The first-order valence-corrected chi connectivity index (χ1v) is 12.8. The molecule has 7 heteroatoms. The second-order valence-electron chi connectivity index (χ2n) is 9.43. The summed E-state index contributed by atoms with van der Waals surface area (Å²) in [4.78, 5) is 29.3. The van der Waals surface area contributed by atoms with Crippen LogP contribution < -0.4 is 19.6 Å². The van der Waals surface area contributed by atoms with E-state index in [-0.39, 0.29) is 17.1 Å². The summed E-state index contributed by atoms with van der Waals surface area (Å²) < 4.78 is 22.8. The van der Waals surface area contributed by atoms with E-state index in [1.165, 1.54) is 0 Å². The molecule has 0 radical (unpaired) electrons. The summed E-state index contributed by atoms with van der Waals surface area (Å²) in [7, 11) is 3.19. The largest absolute Gasteiger partial charge is 0.494 e. The van der Waals surface area contributed by atoms with Crippen molar-refractivity contribution in [3.63, 3.8) is 0 Å². The van der Waals surface area contributed by atoms with E-state index in [1.807, 2.05) is 68.4 Å². The van der Waals surface area contributed by atoms with Crippen LogP contribution in [0.3, 0.4) is 0 Å². The topological polar surface area (TPSA) is 78.2 Å². The molecule has 5 rings (SSSR count). The average Bonchev–Trinajstić information content (AvgIpc) is 3.22. The fourth-order valence-electron chi connectivity index (χ4n) is 4.99. The van der Waals surface area contributed by atoms with Crippen molar-refractivity contribution in [1.29, 1.82) is 0 Å². The van der Waals surface area contributed by atoms with Crippen molar-refractivity contribution in [1.82, 2.24) is 4.90 Å². The maximum atomic E-state index is 13.8. The number of carbonyl (C=O) groups excluding carboxylic acids is 1. The van der Waals surface area contributed by atoms with Crippen molar-refractivity contribution < 1.29 is 23.4 Å². The molecule has 0 saturated heterocycles. The molecule has 2 heterocycles. The third-order valence-corrected chi connectivity index (χ3v) is 6.86. The second-order valence-corrected chi connectivity index (χ2v) is 9.43. The third-order valence-electron chi connectivity index (χ3n) is 6.86. The number of nitrogens with zero attached hydrogens (tertiary/aromatic N) is 1. The van der Waals surface area contributed by atoms with Gasteiger partial charge in [0.15, 0.2) is 16.9 Å². The van der Waals surface area contributed by atoms with Gasteiger partial charge in [-0.15, -0.1) is 0 Å². The van der Waals surface area contributed by atoms with Crippen molar-refractivity contribution >= 4 is 16.9 Å². The molecule has 0 N–H and O–H groups in total. The molecule has 1 aliphatic rings. The van der Waals surface area contributed by atoms with Crippen LogP contribution in [0.25, 0.3) is 11.0 Å². The van der Waals surface area contributed by atoms with Crippen LogP contribution in [0.5, 0.6) is 17.2 Å². The number of amides is 1. The van der Waals surface area contributed by atoms with E-state index in [1.54, 1.807) is 25.2 Å². The molecule has 38 heavy (non-hydrogen) atoms. The lowest BCUT2D eigenvalue weighted by molar-refractivity contribution is 0.0729. The van der Waals surface area contributed by atoms with Gasteiger partial charge in [-0.25, -0.2) is 0 Å². The monoisotopic (exact) mass is 513 g/mol. The average molecular weight is 514 g/mol. The first-order chi connectivity index (χ1) is 18.4. The van der Waals surface area contributed by atoms with Crippen LogP contribution in [-0.2, 0) is 6.42 Å². The Balaban J connectivity index is 1.58. The number of aryl methyl sites for hydroxylation is 1. The van der Waals surface area contributed by atoms with E-state index in [4.69, 9.17) is 18.6 Å². The molecule has 196 valence electrons. The summed E-state index contributed by atoms with van der Waals surface area (Å²) in [5.74, 6) is 1.76. The smallest absolute Gasteiger partial charge is 0.290 e. The minimum Gasteiger partial charge on any atom is -0.494 e. The lowest BCUT2D eigenvalue weighted by Crippen LogP contribution is -2.31. The Morgan fingerprint density at radius 2 is 1.76 bits per heavy atom. The number of hydrogen-bond acceptors (Lipinski definition) is 6. The zero-order valence-corrected chi connectivity index (χ0v) is 22.1. The van der Waals surface area contributed by atoms with Gasteiger partial charge in [-0.2, -0.15) is 0 Å². The zero-order chi connectivity index (χ0) is 26.8. The zero-order valence-electron chi connectivity index (χ0n) is 22.1. The van der Waals surface area contributed by atoms with Gasteiger partial charge in [-0.1, -0.05) is 36.8 Å². The Kier molecular flexibility index (Phi) is 7.09. The predicted molar refractivity (Wildman–Crippen MR) is 146 cm³/mol. The number of ether oxygens (including phenoxy) is 3. The van der Waals surface area contributed by atoms with Gasteiger partial charge in [0, 0.05) is 6.54 Å². The fraction of sp³-hybridized carbons (Fsp3) is 0.290. The SMILES string of the molecule is CCCOc1cccc(C2c3c(oc4ccc(C)cc4c3=O)C(=O)N2CCc2ccc(OC)c(OC)c2)c1. The summed E-state index contributed by atoms with van der Waals surface area (Å²) in [6, 6.07) is 18.2. The molecular weight excluding hydrogens is 482 g/mol. The molecule has 4 aromatic rings. The summed E-state index contributed by atoms with van der Waals surface area (Å²) >= 11 is 0. The molecule has 0 saturated carbocycles. The summed E-state index contributed by atoms with van der Waals surface area (Å²) in [5.41, 5.74) is 3.33. The molecule has 3 aromatic carbocycles. The van der Waals surface area contributed by atoms with Crippen molar-refractivity contribution in [3.8, 4) is 17.2 Å². The first kappa shape index (κ1) is 25.4. The van der Waals surface area contributed by atoms with Crippen molar-refractivity contribution in [3.05, 3.63) is 98.9 Å². The lowest BCUT2D eigenvalue weighted by atomic mass is 9.97. The highest BCUT2D eigenvalue weighted by atomic mass is 16.5. The Hall–Kier alpha value is -4.26. The van der Waals surface area contributed by atoms with E-state index in [9.17, 15) is 9.59 Å². The molecule has 1 amide bonds. The Bertz CT molecular complexity index is 1560. The van der Waals surface area contributed by atoms with Crippen LogP contribution in [0, 0.1) is 6.92 Å². The van der Waals surface area contributed by atoms with Crippen LogP contribution in [0.4, 0.5) is 0 Å². The number of rotatable bonds is 9. The normalized spacial score (nSPS) is 14.6. The Morgan fingerprint density at radius 1 is 0.947 bits per heavy atom. The second kappa shape index (κ2) is 10.6. The highest BCUT2D eigenvalue weighted by Crippen LogP contribution is 2.39. The molecule has 7 nitrogen and oxygen atoms in total. The Labute approximate surface area is 221 Å². The van der Waals surface area contributed by atoms with Gasteiger partial charge in [0.05, 0.1) is 37.8 Å². The van der Waals surface area contributed by atoms with Crippen LogP contribution in [0.2, 0.25) is 0 Å². The molecular formula is C31H31NO6. The highest BCUT2D eigenvalue weighted by molar-refractivity contribution is 5.99. The van der Waals surface area contributed by atoms with Gasteiger partial charge in [-0.05, 0) is 67.3 Å². The van der Waals surface area contributed by atoms with Gasteiger partial charge in [0.25, 0.3) is 5.91 Å². The van der Waals surface area contributed by atoms with Gasteiger partial charge >= 0.3 is 0 Å². The summed E-state index contributed by atoms with van der Waals surface area (Å²) in [5, 5.41) is 0.474. The van der Waals surface area contributed by atoms with E-state index >= 15 is 0 Å². The van der Waals surface area contributed by atoms with Gasteiger partial charge < -0.3 is 23.5 Å². The highest BCUT2D eigenvalue weighted by Gasteiger charge is 2.42. The van der Waals surface area contributed by atoms with Crippen LogP contribution in [0.15, 0.2) is 69.9 Å². The molecule has 0 aliphatic carbocycles. The predicted octanol–water partition coefficient (Wildman–Crippen LogP) is 5.70. The first-order valence-electron chi connectivity index (χ1n) is 12.8. The van der Waals surface area contributed by atoms with Crippen LogP contribution in [-0.4, -0.2) is 38.2 Å². The van der Waals surface area contributed by atoms with E-state index in [0.717, 1.165) is 23.1 Å². The quantitative estimate of drug-likeness (QED) is 0.286. The molecule has 1 aliphatic heterocycles. The number of hydrogen-bond donors (Lipinski definition) is 0. The van der Waals surface area contributed by atoms with Crippen molar-refractivity contribution in [2.24, 2.45) is 0 Å². The Morgan fingerprint density at radius 3 is 2.53 bits per heavy atom. The van der Waals surface area contributed by atoms with Crippen molar-refractivity contribution in [2.45, 2.75) is 32.7 Å². The summed E-state index contributed by atoms with van der Waals surface area (Å²) in [6.07, 6.45) is 1.43.